The summed E-state index contributed by atoms with van der Waals surface area (Å²) in [4.78, 5) is 29.6. The molecule has 0 saturated heterocycles. The first-order chi connectivity index (χ1) is 15.1. The summed E-state index contributed by atoms with van der Waals surface area (Å²) in [5, 5.41) is 5.75. The van der Waals surface area contributed by atoms with E-state index in [9.17, 15) is 9.59 Å². The smallest absolute Gasteiger partial charge is 0.258 e. The molecule has 0 saturated carbocycles. The molecular weight excluding hydrogens is 412 g/mol. The van der Waals surface area contributed by atoms with E-state index in [1.54, 1.807) is 23.9 Å². The van der Waals surface area contributed by atoms with Crippen LogP contribution in [0, 0.1) is 6.92 Å². The molecule has 1 heterocycles. The maximum Gasteiger partial charge on any atom is 0.258 e. The van der Waals surface area contributed by atoms with Crippen LogP contribution in [0.5, 0.6) is 5.75 Å². The largest absolute Gasteiger partial charge is 0.484 e. The Morgan fingerprint density at radius 1 is 1.13 bits per heavy atom. The first-order valence-electron chi connectivity index (χ1n) is 10.2. The second kappa shape index (κ2) is 11.4. The Balaban J connectivity index is 1.52. The summed E-state index contributed by atoms with van der Waals surface area (Å²) in [6.07, 6.45) is 2.53. The number of fused-ring (bicyclic) bond motifs is 1. The number of hydrogen-bond donors (Lipinski definition) is 2. The van der Waals surface area contributed by atoms with Crippen LogP contribution in [0.15, 0.2) is 54.6 Å². The zero-order valence-corrected chi connectivity index (χ0v) is 18.7. The number of benzene rings is 2. The zero-order valence-electron chi connectivity index (χ0n) is 17.8. The van der Waals surface area contributed by atoms with Crippen LogP contribution in [-0.4, -0.2) is 52.6 Å². The fourth-order valence-corrected chi connectivity index (χ4v) is 3.77. The molecule has 0 fully saturated rings. The van der Waals surface area contributed by atoms with Crippen molar-refractivity contribution in [2.45, 2.75) is 25.9 Å². The molecule has 0 radical (unpaired) electrons. The van der Waals surface area contributed by atoms with Gasteiger partial charge in [0.05, 0.1) is 11.0 Å². The Morgan fingerprint density at radius 3 is 2.65 bits per heavy atom. The molecule has 2 amide bonds. The lowest BCUT2D eigenvalue weighted by molar-refractivity contribution is -0.130. The van der Waals surface area contributed by atoms with E-state index in [0.29, 0.717) is 25.3 Å². The van der Waals surface area contributed by atoms with Crippen LogP contribution in [0.4, 0.5) is 0 Å². The molecule has 0 aliphatic rings. The van der Waals surface area contributed by atoms with Gasteiger partial charge in [-0.25, -0.2) is 4.98 Å². The summed E-state index contributed by atoms with van der Waals surface area (Å²) >= 11 is 1.63. The van der Waals surface area contributed by atoms with Crippen LogP contribution >= 0.6 is 11.8 Å². The number of aromatic nitrogens is 2. The Hall–Kier alpha value is -3.00. The van der Waals surface area contributed by atoms with Crippen molar-refractivity contribution in [1.29, 1.82) is 0 Å². The van der Waals surface area contributed by atoms with Crippen molar-refractivity contribution in [3.8, 4) is 5.75 Å². The lowest BCUT2D eigenvalue weighted by Crippen LogP contribution is -2.48. The number of imidazole rings is 1. The Labute approximate surface area is 186 Å². The summed E-state index contributed by atoms with van der Waals surface area (Å²) in [7, 11) is 0. The van der Waals surface area contributed by atoms with Gasteiger partial charge in [-0.2, -0.15) is 11.8 Å². The van der Waals surface area contributed by atoms with Gasteiger partial charge < -0.3 is 19.9 Å². The summed E-state index contributed by atoms with van der Waals surface area (Å²) in [6.45, 7) is 2.88. The van der Waals surface area contributed by atoms with Gasteiger partial charge in [-0.3, -0.25) is 9.59 Å². The molecule has 1 unspecified atom stereocenters. The van der Waals surface area contributed by atoms with Gasteiger partial charge in [0.15, 0.2) is 6.61 Å². The highest BCUT2D eigenvalue weighted by Crippen LogP contribution is 2.15. The van der Waals surface area contributed by atoms with Gasteiger partial charge >= 0.3 is 0 Å². The molecular formula is C23H28N4O3S. The lowest BCUT2D eigenvalue weighted by atomic mass is 10.2. The molecule has 2 N–H and O–H groups in total. The van der Waals surface area contributed by atoms with E-state index in [1.807, 2.05) is 55.6 Å². The van der Waals surface area contributed by atoms with Gasteiger partial charge in [-0.15, -0.1) is 0 Å². The molecule has 1 aromatic heterocycles. The molecule has 164 valence electrons. The molecule has 31 heavy (non-hydrogen) atoms. The van der Waals surface area contributed by atoms with Crippen molar-refractivity contribution in [1.82, 2.24) is 20.2 Å². The number of amides is 2. The van der Waals surface area contributed by atoms with Gasteiger partial charge in [0.25, 0.3) is 5.91 Å². The number of nitrogens with zero attached hydrogens (tertiary/aromatic N) is 2. The Kier molecular flexibility index (Phi) is 8.35. The number of aryl methyl sites for hydroxylation is 1. The summed E-state index contributed by atoms with van der Waals surface area (Å²) in [5.41, 5.74) is 1.98. The van der Waals surface area contributed by atoms with E-state index in [0.717, 1.165) is 22.6 Å². The van der Waals surface area contributed by atoms with Gasteiger partial charge in [0.1, 0.15) is 17.6 Å². The fraction of sp³-hybridized carbons (Fsp3) is 0.348. The van der Waals surface area contributed by atoms with Crippen LogP contribution in [0.3, 0.4) is 0 Å². The number of thioether (sulfide) groups is 1. The highest BCUT2D eigenvalue weighted by Gasteiger charge is 2.20. The Morgan fingerprint density at radius 2 is 1.87 bits per heavy atom. The van der Waals surface area contributed by atoms with Gasteiger partial charge in [-0.05, 0) is 49.6 Å². The molecule has 0 aliphatic heterocycles. The number of para-hydroxylation sites is 3. The first kappa shape index (κ1) is 22.7. The average molecular weight is 441 g/mol. The minimum absolute atomic E-state index is 0.132. The molecule has 3 aromatic rings. The SMILES string of the molecule is CSCCC(NC(=O)COc1ccccc1)C(=O)NCCn1c(C)nc2ccccc21. The van der Waals surface area contributed by atoms with Gasteiger partial charge in [0, 0.05) is 13.1 Å². The highest BCUT2D eigenvalue weighted by molar-refractivity contribution is 7.98. The van der Waals surface area contributed by atoms with Crippen molar-refractivity contribution in [3.63, 3.8) is 0 Å². The number of ether oxygens (including phenoxy) is 1. The third-order valence-corrected chi connectivity index (χ3v) is 5.50. The monoisotopic (exact) mass is 440 g/mol. The number of nitrogens with one attached hydrogen (secondary N) is 2. The van der Waals surface area contributed by atoms with Crippen LogP contribution in [0.1, 0.15) is 12.2 Å². The molecule has 8 heteroatoms. The maximum atomic E-state index is 12.7. The van der Waals surface area contributed by atoms with E-state index in [1.165, 1.54) is 0 Å². The zero-order chi connectivity index (χ0) is 22.1. The molecule has 0 aliphatic carbocycles. The van der Waals surface area contributed by atoms with Gasteiger partial charge in [-0.1, -0.05) is 30.3 Å². The molecule has 3 rings (SSSR count). The van der Waals surface area contributed by atoms with E-state index in [2.05, 4.69) is 20.2 Å². The quantitative estimate of drug-likeness (QED) is 0.479. The normalized spacial score (nSPS) is 11.8. The number of carbonyl (C=O) groups is 2. The van der Waals surface area contributed by atoms with Crippen LogP contribution in [0.25, 0.3) is 11.0 Å². The van der Waals surface area contributed by atoms with E-state index in [4.69, 9.17) is 4.74 Å². The molecule has 0 bridgehead atoms. The second-order valence-corrected chi connectivity index (χ2v) is 8.08. The van der Waals surface area contributed by atoms with E-state index in [-0.39, 0.29) is 18.4 Å². The van der Waals surface area contributed by atoms with Crippen molar-refractivity contribution < 1.29 is 14.3 Å². The standard InChI is InChI=1S/C23H28N4O3S/c1-17-25-19-10-6-7-11-21(19)27(17)14-13-24-23(29)20(12-15-31-2)26-22(28)16-30-18-8-4-3-5-9-18/h3-11,20H,12-16H2,1-2H3,(H,24,29)(H,26,28). The first-order valence-corrected chi connectivity index (χ1v) is 11.6. The number of hydrogen-bond acceptors (Lipinski definition) is 5. The van der Waals surface area contributed by atoms with Gasteiger partial charge in [0.2, 0.25) is 5.91 Å². The number of rotatable bonds is 11. The molecule has 0 spiro atoms. The average Bonchev–Trinajstić information content (AvgIpc) is 3.11. The van der Waals surface area contributed by atoms with Crippen molar-refractivity contribution in [3.05, 3.63) is 60.4 Å². The van der Waals surface area contributed by atoms with Crippen molar-refractivity contribution in [2.24, 2.45) is 0 Å². The molecule has 2 aromatic carbocycles. The Bertz CT molecular complexity index is 1010. The topological polar surface area (TPSA) is 85.2 Å². The summed E-state index contributed by atoms with van der Waals surface area (Å²) < 4.78 is 7.56. The minimum atomic E-state index is -0.597. The molecule has 1 atom stereocenters. The van der Waals surface area contributed by atoms with E-state index < -0.39 is 6.04 Å². The molecule has 7 nitrogen and oxygen atoms in total. The van der Waals surface area contributed by atoms with Crippen molar-refractivity contribution >= 4 is 34.6 Å². The van der Waals surface area contributed by atoms with Crippen molar-refractivity contribution in [2.75, 3.05) is 25.2 Å². The fourth-order valence-electron chi connectivity index (χ4n) is 3.30. The summed E-state index contributed by atoms with van der Waals surface area (Å²) in [6, 6.07) is 16.5. The van der Waals surface area contributed by atoms with Crippen LogP contribution < -0.4 is 15.4 Å². The third kappa shape index (κ3) is 6.49. The maximum absolute atomic E-state index is 12.7. The lowest BCUT2D eigenvalue weighted by Gasteiger charge is -2.19. The van der Waals surface area contributed by atoms with E-state index >= 15 is 0 Å². The highest BCUT2D eigenvalue weighted by atomic mass is 32.2. The second-order valence-electron chi connectivity index (χ2n) is 7.09. The summed E-state index contributed by atoms with van der Waals surface area (Å²) in [5.74, 6) is 1.78. The number of carbonyl (C=O) groups excluding carboxylic acids is 2. The third-order valence-electron chi connectivity index (χ3n) is 4.86. The minimum Gasteiger partial charge on any atom is -0.484 e. The van der Waals surface area contributed by atoms with Crippen LogP contribution in [0.2, 0.25) is 0 Å². The van der Waals surface area contributed by atoms with Crippen LogP contribution in [-0.2, 0) is 16.1 Å². The predicted octanol–water partition coefficient (Wildman–Crippen LogP) is 2.78. The predicted molar refractivity (Wildman–Crippen MR) is 124 cm³/mol.